The van der Waals surface area contributed by atoms with Gasteiger partial charge < -0.3 is 25.0 Å². The van der Waals surface area contributed by atoms with E-state index in [4.69, 9.17) is 9.94 Å². The van der Waals surface area contributed by atoms with E-state index in [9.17, 15) is 14.8 Å². The van der Waals surface area contributed by atoms with Crippen LogP contribution < -0.4 is 10.1 Å². The third-order valence-electron chi connectivity index (χ3n) is 3.66. The topological polar surface area (TPSA) is 96.4 Å². The maximum atomic E-state index is 12.4. The van der Waals surface area contributed by atoms with Crippen LogP contribution in [0.15, 0.2) is 35.0 Å². The molecular weight excluding hydrogens is 358 g/mol. The Balaban J connectivity index is 2.04. The number of benzene rings is 1. The van der Waals surface area contributed by atoms with Gasteiger partial charge in [0.2, 0.25) is 0 Å². The summed E-state index contributed by atoms with van der Waals surface area (Å²) in [7, 11) is 5.07. The first-order chi connectivity index (χ1) is 12.3. The lowest BCUT2D eigenvalue weighted by Crippen LogP contribution is -2.31. The Hall–Kier alpha value is -2.62. The van der Waals surface area contributed by atoms with Crippen molar-refractivity contribution in [3.05, 3.63) is 51.4 Å². The Morgan fingerprint density at radius 2 is 1.96 bits per heavy atom. The van der Waals surface area contributed by atoms with Crippen LogP contribution in [-0.4, -0.2) is 49.7 Å². The summed E-state index contributed by atoms with van der Waals surface area (Å²) in [5.74, 6) is -1.10. The summed E-state index contributed by atoms with van der Waals surface area (Å²) < 4.78 is 5.10. The van der Waals surface area contributed by atoms with Crippen molar-refractivity contribution in [2.75, 3.05) is 37.9 Å². The van der Waals surface area contributed by atoms with Crippen LogP contribution in [0.3, 0.4) is 0 Å². The molecule has 1 heterocycles. The fourth-order valence-corrected chi connectivity index (χ4v) is 2.92. The number of esters is 1. The maximum absolute atomic E-state index is 12.4. The van der Waals surface area contributed by atoms with Gasteiger partial charge in [0.25, 0.3) is 5.91 Å². The second-order valence-electron chi connectivity index (χ2n) is 5.83. The predicted octanol–water partition coefficient (Wildman–Crippen LogP) is 2.32. The van der Waals surface area contributed by atoms with Gasteiger partial charge in [-0.25, -0.2) is 4.79 Å². The Kier molecular flexibility index (Phi) is 6.56. The summed E-state index contributed by atoms with van der Waals surface area (Å²) in [5, 5.41) is 23.6. The molecule has 26 heavy (non-hydrogen) atoms. The molecule has 1 aromatic heterocycles. The molecule has 2 rings (SSSR count). The van der Waals surface area contributed by atoms with Gasteiger partial charge in [-0.15, -0.1) is 0 Å². The molecule has 140 valence electrons. The van der Waals surface area contributed by atoms with Crippen LogP contribution in [0.5, 0.6) is 0 Å². The van der Waals surface area contributed by atoms with Gasteiger partial charge >= 0.3 is 5.97 Å². The molecule has 1 N–H and O–H groups in total. The van der Waals surface area contributed by atoms with Crippen molar-refractivity contribution in [1.82, 2.24) is 4.90 Å². The van der Waals surface area contributed by atoms with Crippen molar-refractivity contribution in [2.24, 2.45) is 0 Å². The average molecular weight is 378 g/mol. The van der Waals surface area contributed by atoms with Crippen LogP contribution in [-0.2, 0) is 16.1 Å². The average Bonchev–Trinajstić information content (AvgIpc) is 3.11. The van der Waals surface area contributed by atoms with Crippen LogP contribution in [0.1, 0.15) is 15.9 Å². The van der Waals surface area contributed by atoms with Gasteiger partial charge in [-0.05, 0) is 40.6 Å². The zero-order valence-electron chi connectivity index (χ0n) is 14.7. The normalized spacial score (nSPS) is 10.3. The Morgan fingerprint density at radius 3 is 2.54 bits per heavy atom. The number of ether oxygens (including phenoxy) is 1. The zero-order valence-corrected chi connectivity index (χ0v) is 15.5. The van der Waals surface area contributed by atoms with Gasteiger partial charge in [-0.3, -0.25) is 10.0 Å². The van der Waals surface area contributed by atoms with Crippen molar-refractivity contribution in [3.63, 3.8) is 0 Å². The molecular formula is C17H20N3O5S-. The largest absolute Gasteiger partial charge is 0.733 e. The minimum Gasteiger partial charge on any atom is -0.733 e. The highest BCUT2D eigenvalue weighted by Gasteiger charge is 2.18. The van der Waals surface area contributed by atoms with E-state index < -0.39 is 12.6 Å². The van der Waals surface area contributed by atoms with E-state index in [1.165, 1.54) is 34.4 Å². The monoisotopic (exact) mass is 378 g/mol. The number of thiophene rings is 1. The first kappa shape index (κ1) is 19.7. The first-order valence-electron chi connectivity index (χ1n) is 7.69. The maximum Gasteiger partial charge on any atom is 0.340 e. The molecule has 9 heteroatoms. The van der Waals surface area contributed by atoms with Crippen LogP contribution in [0.25, 0.3) is 0 Å². The molecule has 0 saturated heterocycles. The molecule has 0 saturated carbocycles. The summed E-state index contributed by atoms with van der Waals surface area (Å²) >= 11 is 1.54. The Labute approximate surface area is 155 Å². The van der Waals surface area contributed by atoms with Gasteiger partial charge in [0, 0.05) is 27.7 Å². The van der Waals surface area contributed by atoms with Crippen LogP contribution in [0.2, 0.25) is 0 Å². The smallest absolute Gasteiger partial charge is 0.340 e. The number of carbonyl (C=O) groups is 2. The molecule has 1 aromatic carbocycles. The highest BCUT2D eigenvalue weighted by Crippen LogP contribution is 2.25. The van der Waals surface area contributed by atoms with Crippen LogP contribution in [0.4, 0.5) is 11.4 Å². The standard InChI is InChI=1S/C17H20N3O5S/c1-18(2)15-5-4-13(20(23)24)8-14(15)17(22)25-10-16(21)19(3)9-12-6-7-26-11-12/h4-8,11,23H,9-10H2,1-3H3/q-1. The van der Waals surface area contributed by atoms with Gasteiger partial charge in [0.05, 0.1) is 16.9 Å². The lowest BCUT2D eigenvalue weighted by atomic mass is 10.1. The molecule has 0 fully saturated rings. The van der Waals surface area contributed by atoms with Crippen molar-refractivity contribution in [2.45, 2.75) is 6.54 Å². The summed E-state index contributed by atoms with van der Waals surface area (Å²) in [6.07, 6.45) is 0. The summed E-state index contributed by atoms with van der Waals surface area (Å²) in [6, 6.07) is 6.01. The number of carbonyl (C=O) groups excluding carboxylic acids is 2. The third kappa shape index (κ3) is 4.94. The van der Waals surface area contributed by atoms with Gasteiger partial charge in [0.15, 0.2) is 6.61 Å². The first-order valence-corrected chi connectivity index (χ1v) is 8.63. The number of nitrogens with zero attached hydrogens (tertiary/aromatic N) is 3. The second-order valence-corrected chi connectivity index (χ2v) is 6.61. The van der Waals surface area contributed by atoms with Crippen molar-refractivity contribution < 1.29 is 19.5 Å². The Morgan fingerprint density at radius 1 is 1.23 bits per heavy atom. The van der Waals surface area contributed by atoms with E-state index in [1.54, 1.807) is 26.0 Å². The number of hydrogen-bond donors (Lipinski definition) is 1. The molecule has 0 bridgehead atoms. The molecule has 1 amide bonds. The Bertz CT molecular complexity index is 762. The number of amides is 1. The number of anilines is 2. The van der Waals surface area contributed by atoms with Gasteiger partial charge in [-0.1, -0.05) is 0 Å². The van der Waals surface area contributed by atoms with E-state index in [2.05, 4.69) is 0 Å². The van der Waals surface area contributed by atoms with Crippen molar-refractivity contribution in [1.29, 1.82) is 0 Å². The predicted molar refractivity (Wildman–Crippen MR) is 99.5 cm³/mol. The minimum absolute atomic E-state index is 0.0793. The van der Waals surface area contributed by atoms with Gasteiger partial charge in [-0.2, -0.15) is 11.3 Å². The highest BCUT2D eigenvalue weighted by molar-refractivity contribution is 7.07. The number of likely N-dealkylation sites (N-methyl/N-ethyl adjacent to an activating group) is 1. The van der Waals surface area contributed by atoms with Crippen molar-refractivity contribution >= 4 is 34.6 Å². The number of rotatable bonds is 7. The molecule has 0 aliphatic carbocycles. The van der Waals surface area contributed by atoms with Crippen LogP contribution >= 0.6 is 11.3 Å². The van der Waals surface area contributed by atoms with E-state index >= 15 is 0 Å². The zero-order chi connectivity index (χ0) is 19.3. The summed E-state index contributed by atoms with van der Waals surface area (Å²) in [4.78, 5) is 27.6. The van der Waals surface area contributed by atoms with E-state index in [-0.39, 0.29) is 22.4 Å². The van der Waals surface area contributed by atoms with Crippen LogP contribution in [0, 0.1) is 5.21 Å². The molecule has 0 spiro atoms. The quantitative estimate of drug-likeness (QED) is 0.583. The molecule has 2 aromatic rings. The number of hydrogen-bond acceptors (Lipinski definition) is 8. The SMILES string of the molecule is CN(Cc1ccsc1)C(=O)COC(=O)c1cc(N([O-])O)ccc1N(C)C. The van der Waals surface area contributed by atoms with Crippen molar-refractivity contribution in [3.8, 4) is 0 Å². The molecule has 0 atom stereocenters. The van der Waals surface area contributed by atoms with E-state index in [0.29, 0.717) is 12.2 Å². The molecule has 0 aliphatic rings. The van der Waals surface area contributed by atoms with E-state index in [1.807, 2.05) is 16.8 Å². The summed E-state index contributed by atoms with van der Waals surface area (Å²) in [6.45, 7) is 0.00471. The molecule has 8 nitrogen and oxygen atoms in total. The van der Waals surface area contributed by atoms with E-state index in [0.717, 1.165) is 5.56 Å². The lowest BCUT2D eigenvalue weighted by Gasteiger charge is -2.24. The minimum atomic E-state index is -0.755. The summed E-state index contributed by atoms with van der Waals surface area (Å²) in [5.41, 5.74) is 1.47. The van der Waals surface area contributed by atoms with Gasteiger partial charge in [0.1, 0.15) is 0 Å². The fourth-order valence-electron chi connectivity index (χ4n) is 2.26. The lowest BCUT2D eigenvalue weighted by molar-refractivity contribution is -0.133. The fraction of sp³-hybridized carbons (Fsp3) is 0.294. The highest BCUT2D eigenvalue weighted by atomic mass is 32.1. The molecule has 0 radical (unpaired) electrons. The second kappa shape index (κ2) is 8.65. The molecule has 0 unspecified atom stereocenters. The molecule has 0 aliphatic heterocycles. The third-order valence-corrected chi connectivity index (χ3v) is 4.39.